The zero-order valence-corrected chi connectivity index (χ0v) is 14.0. The molecule has 1 fully saturated rings. The summed E-state index contributed by atoms with van der Waals surface area (Å²) >= 11 is 0. The highest BCUT2D eigenvalue weighted by molar-refractivity contribution is 5.44. The van der Waals surface area contributed by atoms with E-state index < -0.39 is 6.10 Å². The molecule has 2 aliphatic rings. The van der Waals surface area contributed by atoms with E-state index in [2.05, 4.69) is 18.7 Å². The number of hydrogen-bond acceptors (Lipinski definition) is 5. The smallest absolute Gasteiger partial charge is 0.231 e. The van der Waals surface area contributed by atoms with Crippen molar-refractivity contribution in [3.05, 3.63) is 23.8 Å². The van der Waals surface area contributed by atoms with E-state index in [4.69, 9.17) is 14.2 Å². The van der Waals surface area contributed by atoms with E-state index in [-0.39, 0.29) is 6.79 Å². The minimum atomic E-state index is -0.452. The monoisotopic (exact) mass is 321 g/mol. The first-order chi connectivity index (χ1) is 11.1. The van der Waals surface area contributed by atoms with Crippen molar-refractivity contribution in [2.45, 2.75) is 57.9 Å². The number of fused-ring (bicyclic) bond motifs is 1. The van der Waals surface area contributed by atoms with Crippen molar-refractivity contribution < 1.29 is 19.3 Å². The molecule has 1 aromatic rings. The number of aliphatic hydroxyl groups is 1. The molecule has 128 valence electrons. The van der Waals surface area contributed by atoms with Crippen molar-refractivity contribution in [3.8, 4) is 11.5 Å². The van der Waals surface area contributed by atoms with Crippen LogP contribution in [-0.2, 0) is 11.3 Å². The molecule has 0 spiro atoms. The quantitative estimate of drug-likeness (QED) is 0.873. The van der Waals surface area contributed by atoms with E-state index >= 15 is 0 Å². The van der Waals surface area contributed by atoms with Crippen LogP contribution in [0.1, 0.15) is 38.7 Å². The Balaban J connectivity index is 1.43. The summed E-state index contributed by atoms with van der Waals surface area (Å²) in [5.41, 5.74) is 1.03. The largest absolute Gasteiger partial charge is 0.454 e. The summed E-state index contributed by atoms with van der Waals surface area (Å²) in [5, 5.41) is 10.3. The predicted octanol–water partition coefficient (Wildman–Crippen LogP) is 2.56. The number of piperidine rings is 1. The highest BCUT2D eigenvalue weighted by atomic mass is 16.7. The Morgan fingerprint density at radius 2 is 1.96 bits per heavy atom. The van der Waals surface area contributed by atoms with Gasteiger partial charge in [-0.25, -0.2) is 0 Å². The fourth-order valence-electron chi connectivity index (χ4n) is 3.47. The predicted molar refractivity (Wildman–Crippen MR) is 87.7 cm³/mol. The van der Waals surface area contributed by atoms with Gasteiger partial charge in [0.15, 0.2) is 11.5 Å². The van der Waals surface area contributed by atoms with E-state index in [1.807, 2.05) is 18.2 Å². The maximum atomic E-state index is 10.3. The van der Waals surface area contributed by atoms with Gasteiger partial charge in [-0.2, -0.15) is 0 Å². The number of β-amino-alcohol motifs (C(OH)–C–C–N with tert-alkyl or cyclic N) is 1. The molecule has 23 heavy (non-hydrogen) atoms. The van der Waals surface area contributed by atoms with Crippen molar-refractivity contribution >= 4 is 0 Å². The van der Waals surface area contributed by atoms with Crippen molar-refractivity contribution in [2.24, 2.45) is 0 Å². The first-order valence-corrected chi connectivity index (χ1v) is 8.53. The minimum Gasteiger partial charge on any atom is -0.454 e. The van der Waals surface area contributed by atoms with Crippen molar-refractivity contribution in [1.82, 2.24) is 4.90 Å². The molecular weight excluding hydrogens is 294 g/mol. The normalized spacial score (nSPS) is 25.5. The average Bonchev–Trinajstić information content (AvgIpc) is 2.99. The molecule has 0 bridgehead atoms. The number of nitrogens with zero attached hydrogens (tertiary/aromatic N) is 1. The van der Waals surface area contributed by atoms with Crippen LogP contribution in [-0.4, -0.2) is 48.1 Å². The molecule has 0 radical (unpaired) electrons. The Hall–Kier alpha value is -1.30. The molecule has 1 aromatic carbocycles. The van der Waals surface area contributed by atoms with Gasteiger partial charge in [0.1, 0.15) is 0 Å². The van der Waals surface area contributed by atoms with E-state index in [9.17, 15) is 5.11 Å². The van der Waals surface area contributed by atoms with Crippen LogP contribution in [0.5, 0.6) is 11.5 Å². The molecule has 0 amide bonds. The first kappa shape index (κ1) is 16.6. The van der Waals surface area contributed by atoms with Crippen LogP contribution in [0.4, 0.5) is 0 Å². The second-order valence-electron chi connectivity index (χ2n) is 6.68. The fraction of sp³-hybridized carbons (Fsp3) is 0.667. The van der Waals surface area contributed by atoms with Gasteiger partial charge in [-0.3, -0.25) is 4.90 Å². The second-order valence-corrected chi connectivity index (χ2v) is 6.68. The molecule has 2 aliphatic heterocycles. The second kappa shape index (κ2) is 7.51. The van der Waals surface area contributed by atoms with Crippen LogP contribution in [0, 0.1) is 0 Å². The Kier molecular flexibility index (Phi) is 5.41. The van der Waals surface area contributed by atoms with E-state index in [0.29, 0.717) is 31.8 Å². The molecule has 0 aromatic heterocycles. The number of ether oxygens (including phenoxy) is 3. The molecule has 1 N–H and O–H groups in total. The van der Waals surface area contributed by atoms with Crippen LogP contribution in [0.3, 0.4) is 0 Å². The SMILES string of the molecule is CC1CCCC(C)N1CC(O)COCc1ccc2c(c1)OCO2. The molecule has 3 unspecified atom stereocenters. The summed E-state index contributed by atoms with van der Waals surface area (Å²) in [6.07, 6.45) is 3.27. The van der Waals surface area contributed by atoms with Crippen molar-refractivity contribution in [2.75, 3.05) is 19.9 Å². The topological polar surface area (TPSA) is 51.2 Å². The Morgan fingerprint density at radius 1 is 1.22 bits per heavy atom. The van der Waals surface area contributed by atoms with Crippen LogP contribution < -0.4 is 9.47 Å². The van der Waals surface area contributed by atoms with Gasteiger partial charge in [0.2, 0.25) is 6.79 Å². The fourth-order valence-corrected chi connectivity index (χ4v) is 3.47. The molecule has 3 rings (SSSR count). The lowest BCUT2D eigenvalue weighted by Crippen LogP contribution is -2.48. The molecule has 2 heterocycles. The molecule has 3 atom stereocenters. The number of benzene rings is 1. The third-order valence-electron chi connectivity index (χ3n) is 4.81. The summed E-state index contributed by atoms with van der Waals surface area (Å²) in [4.78, 5) is 2.40. The minimum absolute atomic E-state index is 0.282. The standard InChI is InChI=1S/C18H27NO4/c1-13-4-3-5-14(2)19(13)9-16(20)11-21-10-15-6-7-17-18(8-15)23-12-22-17/h6-8,13-14,16,20H,3-5,9-12H2,1-2H3. The van der Waals surface area contributed by atoms with E-state index in [0.717, 1.165) is 17.1 Å². The molecule has 0 aliphatic carbocycles. The Bertz CT molecular complexity index is 512. The third-order valence-corrected chi connectivity index (χ3v) is 4.81. The third kappa shape index (κ3) is 4.16. The van der Waals surface area contributed by atoms with Crippen molar-refractivity contribution in [3.63, 3.8) is 0 Å². The molecule has 1 saturated heterocycles. The van der Waals surface area contributed by atoms with Gasteiger partial charge in [-0.1, -0.05) is 12.5 Å². The first-order valence-electron chi connectivity index (χ1n) is 8.53. The van der Waals surface area contributed by atoms with Gasteiger partial charge in [-0.15, -0.1) is 0 Å². The molecule has 0 saturated carbocycles. The number of likely N-dealkylation sites (tertiary alicyclic amines) is 1. The summed E-state index contributed by atoms with van der Waals surface area (Å²) < 4.78 is 16.3. The van der Waals surface area contributed by atoms with E-state index in [1.54, 1.807) is 0 Å². The van der Waals surface area contributed by atoms with Gasteiger partial charge in [0, 0.05) is 18.6 Å². The van der Waals surface area contributed by atoms with Gasteiger partial charge < -0.3 is 19.3 Å². The lowest BCUT2D eigenvalue weighted by molar-refractivity contribution is -0.0135. The summed E-state index contributed by atoms with van der Waals surface area (Å²) in [7, 11) is 0. The van der Waals surface area contributed by atoms with Gasteiger partial charge in [0.25, 0.3) is 0 Å². The maximum Gasteiger partial charge on any atom is 0.231 e. The zero-order valence-electron chi connectivity index (χ0n) is 14.0. The van der Waals surface area contributed by atoms with E-state index in [1.165, 1.54) is 19.3 Å². The Morgan fingerprint density at radius 3 is 2.74 bits per heavy atom. The lowest BCUT2D eigenvalue weighted by atomic mass is 9.97. The van der Waals surface area contributed by atoms with Crippen molar-refractivity contribution in [1.29, 1.82) is 0 Å². The maximum absolute atomic E-state index is 10.3. The summed E-state index contributed by atoms with van der Waals surface area (Å²) in [6, 6.07) is 6.89. The molecular formula is C18H27NO4. The number of aliphatic hydroxyl groups excluding tert-OH is 1. The lowest BCUT2D eigenvalue weighted by Gasteiger charge is -2.40. The average molecular weight is 321 g/mol. The van der Waals surface area contributed by atoms with Gasteiger partial charge in [-0.05, 0) is 44.4 Å². The van der Waals surface area contributed by atoms with Crippen LogP contribution in [0.2, 0.25) is 0 Å². The number of rotatable bonds is 6. The number of hydrogen-bond donors (Lipinski definition) is 1. The zero-order chi connectivity index (χ0) is 16.2. The molecule has 5 nitrogen and oxygen atoms in total. The van der Waals surface area contributed by atoms with Gasteiger partial charge in [0.05, 0.1) is 19.3 Å². The van der Waals surface area contributed by atoms with Crippen LogP contribution in [0.25, 0.3) is 0 Å². The highest BCUT2D eigenvalue weighted by Gasteiger charge is 2.26. The highest BCUT2D eigenvalue weighted by Crippen LogP contribution is 2.32. The van der Waals surface area contributed by atoms with Gasteiger partial charge >= 0.3 is 0 Å². The summed E-state index contributed by atoms with van der Waals surface area (Å²) in [6.45, 7) is 6.28. The summed E-state index contributed by atoms with van der Waals surface area (Å²) in [5.74, 6) is 1.55. The van der Waals surface area contributed by atoms with Crippen LogP contribution in [0.15, 0.2) is 18.2 Å². The Labute approximate surface area is 138 Å². The van der Waals surface area contributed by atoms with Crippen LogP contribution >= 0.6 is 0 Å². The molecule has 5 heteroatoms.